The highest BCUT2D eigenvalue weighted by Gasteiger charge is 2.35. The second-order valence-corrected chi connectivity index (χ2v) is 9.68. The Balaban J connectivity index is 1.80. The van der Waals surface area contributed by atoms with E-state index >= 15 is 0 Å². The molecule has 0 aliphatic carbocycles. The van der Waals surface area contributed by atoms with Crippen molar-refractivity contribution < 1.29 is 27.8 Å². The van der Waals surface area contributed by atoms with E-state index in [2.05, 4.69) is 4.98 Å². The molecule has 172 valence electrons. The molecule has 33 heavy (non-hydrogen) atoms. The highest BCUT2D eigenvalue weighted by molar-refractivity contribution is 7.92. The van der Waals surface area contributed by atoms with Crippen molar-refractivity contribution in [3.8, 4) is 22.6 Å². The Bertz CT molecular complexity index is 1290. The number of aryl methyl sites for hydroxylation is 1. The molecule has 0 bridgehead atoms. The zero-order valence-electron chi connectivity index (χ0n) is 18.3. The predicted octanol–water partition coefficient (Wildman–Crippen LogP) is 3.89. The summed E-state index contributed by atoms with van der Waals surface area (Å²) in [7, 11) is -2.37. The van der Waals surface area contributed by atoms with Gasteiger partial charge in [0.25, 0.3) is 10.0 Å². The molecular formula is C24H24N2O6S. The van der Waals surface area contributed by atoms with Gasteiger partial charge in [-0.2, -0.15) is 0 Å². The number of benzene rings is 2. The Labute approximate surface area is 192 Å². The first-order valence-electron chi connectivity index (χ1n) is 10.4. The van der Waals surface area contributed by atoms with Crippen molar-refractivity contribution in [1.82, 2.24) is 4.98 Å². The van der Waals surface area contributed by atoms with Crippen molar-refractivity contribution in [2.45, 2.75) is 30.8 Å². The summed E-state index contributed by atoms with van der Waals surface area (Å²) in [5.74, 6) is 0.00489. The van der Waals surface area contributed by atoms with Gasteiger partial charge in [0.2, 0.25) is 0 Å². The molecule has 1 atom stereocenters. The van der Waals surface area contributed by atoms with Crippen molar-refractivity contribution in [2.24, 2.45) is 0 Å². The predicted molar refractivity (Wildman–Crippen MR) is 123 cm³/mol. The van der Waals surface area contributed by atoms with Gasteiger partial charge in [-0.15, -0.1) is 0 Å². The number of fused-ring (bicyclic) bond motifs is 1. The second-order valence-electron chi connectivity index (χ2n) is 7.82. The number of carbonyl (C=O) groups is 1. The number of nitrogens with zero attached hydrogens (tertiary/aromatic N) is 2. The van der Waals surface area contributed by atoms with Crippen LogP contribution in [0.15, 0.2) is 65.8 Å². The highest BCUT2D eigenvalue weighted by Crippen LogP contribution is 2.40. The molecule has 8 nitrogen and oxygen atoms in total. The number of pyridine rings is 1. The normalized spacial score (nSPS) is 15.5. The smallest absolute Gasteiger partial charge is 0.303 e. The Kier molecular flexibility index (Phi) is 6.24. The van der Waals surface area contributed by atoms with Gasteiger partial charge in [0.1, 0.15) is 17.6 Å². The molecule has 9 heteroatoms. The molecule has 0 saturated heterocycles. The lowest BCUT2D eigenvalue weighted by Crippen LogP contribution is -2.43. The number of aromatic nitrogens is 1. The third-order valence-electron chi connectivity index (χ3n) is 5.43. The van der Waals surface area contributed by atoms with Crippen LogP contribution in [-0.2, 0) is 14.8 Å². The number of anilines is 1. The first-order chi connectivity index (χ1) is 15.8. The van der Waals surface area contributed by atoms with Gasteiger partial charge >= 0.3 is 5.97 Å². The van der Waals surface area contributed by atoms with Crippen LogP contribution in [0.25, 0.3) is 11.1 Å². The molecular weight excluding hydrogens is 444 g/mol. The molecule has 2 heterocycles. The summed E-state index contributed by atoms with van der Waals surface area (Å²) in [6.07, 6.45) is 2.75. The maximum atomic E-state index is 13.7. The summed E-state index contributed by atoms with van der Waals surface area (Å²) in [4.78, 5) is 15.4. The molecule has 3 aromatic rings. The highest BCUT2D eigenvalue weighted by atomic mass is 32.2. The fraction of sp³-hybridized carbons (Fsp3) is 0.250. The van der Waals surface area contributed by atoms with Crippen molar-refractivity contribution in [1.29, 1.82) is 0 Å². The van der Waals surface area contributed by atoms with Crippen molar-refractivity contribution in [2.75, 3.05) is 18.0 Å². The molecule has 1 aliphatic heterocycles. The van der Waals surface area contributed by atoms with Crippen LogP contribution in [0.5, 0.6) is 11.5 Å². The number of aliphatic carboxylic acids is 1. The lowest BCUT2D eigenvalue weighted by molar-refractivity contribution is -0.137. The van der Waals surface area contributed by atoms with Crippen LogP contribution in [0.2, 0.25) is 0 Å². The van der Waals surface area contributed by atoms with E-state index < -0.39 is 22.1 Å². The summed E-state index contributed by atoms with van der Waals surface area (Å²) < 4.78 is 39.9. The van der Waals surface area contributed by atoms with Gasteiger partial charge in [0.05, 0.1) is 30.4 Å². The van der Waals surface area contributed by atoms with E-state index in [1.807, 2.05) is 25.1 Å². The SMILES string of the molecule is COc1cncc(-c2ccc3c(c2)N(S(=O)(=O)c2cccc(C)c2)C[C@H](CCC(=O)O)O3)c1. The lowest BCUT2D eigenvalue weighted by Gasteiger charge is -2.35. The first-order valence-corrected chi connectivity index (χ1v) is 11.8. The van der Waals surface area contributed by atoms with Crippen LogP contribution in [0.3, 0.4) is 0 Å². The molecule has 1 aromatic heterocycles. The van der Waals surface area contributed by atoms with E-state index in [1.54, 1.807) is 49.8 Å². The largest absolute Gasteiger partial charge is 0.495 e. The minimum atomic E-state index is -3.92. The van der Waals surface area contributed by atoms with Gasteiger partial charge in [-0.1, -0.05) is 18.2 Å². The fourth-order valence-electron chi connectivity index (χ4n) is 3.75. The number of hydrogen-bond donors (Lipinski definition) is 1. The third-order valence-corrected chi connectivity index (χ3v) is 7.21. The molecule has 0 fully saturated rings. The van der Waals surface area contributed by atoms with Gasteiger partial charge < -0.3 is 14.6 Å². The molecule has 0 spiro atoms. The quantitative estimate of drug-likeness (QED) is 0.561. The van der Waals surface area contributed by atoms with Crippen LogP contribution in [-0.4, -0.2) is 44.2 Å². The summed E-state index contributed by atoms with van der Waals surface area (Å²) in [5, 5.41) is 9.08. The minimum Gasteiger partial charge on any atom is -0.495 e. The van der Waals surface area contributed by atoms with Gasteiger partial charge in [0, 0.05) is 18.2 Å². The average Bonchev–Trinajstić information content (AvgIpc) is 2.81. The van der Waals surface area contributed by atoms with Crippen LogP contribution in [0.4, 0.5) is 5.69 Å². The first kappa shape index (κ1) is 22.6. The molecule has 1 aliphatic rings. The maximum Gasteiger partial charge on any atom is 0.303 e. The fourth-order valence-corrected chi connectivity index (χ4v) is 5.35. The zero-order chi connectivity index (χ0) is 23.6. The van der Waals surface area contributed by atoms with E-state index in [0.29, 0.717) is 17.2 Å². The summed E-state index contributed by atoms with van der Waals surface area (Å²) in [5.41, 5.74) is 2.72. The number of ether oxygens (including phenoxy) is 2. The van der Waals surface area contributed by atoms with Gasteiger partial charge in [-0.25, -0.2) is 8.42 Å². The molecule has 0 unspecified atom stereocenters. The summed E-state index contributed by atoms with van der Waals surface area (Å²) in [6, 6.07) is 13.8. The molecule has 1 N–H and O–H groups in total. The van der Waals surface area contributed by atoms with Crippen LogP contribution in [0, 0.1) is 6.92 Å². The Morgan fingerprint density at radius 2 is 2.00 bits per heavy atom. The van der Waals surface area contributed by atoms with Crippen molar-refractivity contribution >= 4 is 21.7 Å². The lowest BCUT2D eigenvalue weighted by atomic mass is 10.0. The van der Waals surface area contributed by atoms with E-state index in [0.717, 1.165) is 16.7 Å². The van der Waals surface area contributed by atoms with Gasteiger partial charge in [-0.3, -0.25) is 14.1 Å². The van der Waals surface area contributed by atoms with Crippen molar-refractivity contribution in [3.05, 3.63) is 66.5 Å². The summed E-state index contributed by atoms with van der Waals surface area (Å²) in [6.45, 7) is 1.84. The van der Waals surface area contributed by atoms with Crippen molar-refractivity contribution in [3.63, 3.8) is 0 Å². The maximum absolute atomic E-state index is 13.7. The number of carboxylic acid groups (broad SMARTS) is 1. The van der Waals surface area contributed by atoms with Gasteiger partial charge in [0.15, 0.2) is 0 Å². The van der Waals surface area contributed by atoms with E-state index in [1.165, 1.54) is 4.31 Å². The number of carboxylic acids is 1. The zero-order valence-corrected chi connectivity index (χ0v) is 19.1. The van der Waals surface area contributed by atoms with E-state index in [9.17, 15) is 13.2 Å². The number of methoxy groups -OCH3 is 1. The molecule has 0 amide bonds. The molecule has 2 aromatic carbocycles. The minimum absolute atomic E-state index is 0.0103. The van der Waals surface area contributed by atoms with E-state index in [-0.39, 0.29) is 24.3 Å². The Morgan fingerprint density at radius 3 is 2.73 bits per heavy atom. The molecule has 0 saturated carbocycles. The second kappa shape index (κ2) is 9.11. The van der Waals surface area contributed by atoms with Crippen LogP contribution < -0.4 is 13.8 Å². The van der Waals surface area contributed by atoms with Crippen LogP contribution >= 0.6 is 0 Å². The number of rotatable bonds is 7. The average molecular weight is 469 g/mol. The standard InChI is InChI=1S/C24H24N2O6S/c1-16-4-3-5-21(10-16)33(29,30)26-15-19(7-9-24(27)28)32-23-8-6-17(12-22(23)26)18-11-20(31-2)14-25-13-18/h3-6,8,10-14,19H,7,9,15H2,1-2H3,(H,27,28)/t19-/m0/s1. The Morgan fingerprint density at radius 1 is 1.18 bits per heavy atom. The topological polar surface area (TPSA) is 106 Å². The number of sulfonamides is 1. The van der Waals surface area contributed by atoms with Crippen LogP contribution in [0.1, 0.15) is 18.4 Å². The molecule has 0 radical (unpaired) electrons. The monoisotopic (exact) mass is 468 g/mol. The van der Waals surface area contributed by atoms with Gasteiger partial charge in [-0.05, 0) is 54.8 Å². The molecule has 4 rings (SSSR count). The summed E-state index contributed by atoms with van der Waals surface area (Å²) >= 11 is 0. The number of hydrogen-bond acceptors (Lipinski definition) is 6. The third kappa shape index (κ3) is 4.78. The Hall–Kier alpha value is -3.59. The van der Waals surface area contributed by atoms with E-state index in [4.69, 9.17) is 14.6 Å².